The number of benzene rings is 2. The lowest BCUT2D eigenvalue weighted by Gasteiger charge is -2.10. The van der Waals surface area contributed by atoms with Crippen molar-refractivity contribution in [3.8, 4) is 28.2 Å². The largest absolute Gasteiger partial charge is 0.476 e. The van der Waals surface area contributed by atoms with E-state index in [4.69, 9.17) is 10.2 Å². The zero-order valence-electron chi connectivity index (χ0n) is 20.3. The number of hydrogen-bond acceptors (Lipinski definition) is 6. The molecular weight excluding hydrogens is 527 g/mol. The molecule has 0 radical (unpaired) electrons. The molecule has 38 heavy (non-hydrogen) atoms. The van der Waals surface area contributed by atoms with Crippen LogP contribution in [0.5, 0.6) is 0 Å². The molecule has 0 spiro atoms. The van der Waals surface area contributed by atoms with Gasteiger partial charge in [-0.15, -0.1) is 17.3 Å². The van der Waals surface area contributed by atoms with Crippen molar-refractivity contribution in [3.63, 3.8) is 0 Å². The van der Waals surface area contributed by atoms with E-state index in [1.165, 1.54) is 34.9 Å². The number of sulfonamides is 1. The molecule has 5 rings (SSSR count). The smallest absolute Gasteiger partial charge is 0.355 e. The van der Waals surface area contributed by atoms with Gasteiger partial charge in [-0.2, -0.15) is 5.10 Å². The molecule has 1 fully saturated rings. The van der Waals surface area contributed by atoms with Crippen LogP contribution >= 0.6 is 11.3 Å². The summed E-state index contributed by atoms with van der Waals surface area (Å²) >= 11 is 1.18. The first-order valence-corrected chi connectivity index (χ1v) is 14.2. The highest BCUT2D eigenvalue weighted by molar-refractivity contribution is 7.89. The van der Waals surface area contributed by atoms with Crippen LogP contribution < -0.4 is 5.14 Å². The molecule has 4 aromatic rings. The Hall–Kier alpha value is -3.85. The third kappa shape index (κ3) is 5.38. The molecule has 0 amide bonds. The first kappa shape index (κ1) is 25.8. The van der Waals surface area contributed by atoms with E-state index < -0.39 is 26.7 Å². The number of carboxylic acid groups (broad SMARTS) is 1. The number of carbonyl (C=O) groups is 1. The second kappa shape index (κ2) is 10.1. The Labute approximate surface area is 223 Å². The summed E-state index contributed by atoms with van der Waals surface area (Å²) in [5.41, 5.74) is 4.41. The fourth-order valence-corrected chi connectivity index (χ4v) is 5.66. The van der Waals surface area contributed by atoms with Crippen LogP contribution in [0.4, 0.5) is 4.39 Å². The Morgan fingerprint density at radius 3 is 2.68 bits per heavy atom. The number of thiazole rings is 1. The third-order valence-corrected chi connectivity index (χ3v) is 8.01. The monoisotopic (exact) mass is 550 g/mol. The van der Waals surface area contributed by atoms with Gasteiger partial charge in [-0.3, -0.25) is 0 Å². The quantitative estimate of drug-likeness (QED) is 0.313. The van der Waals surface area contributed by atoms with Crippen LogP contribution in [-0.2, 0) is 22.9 Å². The van der Waals surface area contributed by atoms with E-state index in [-0.39, 0.29) is 12.1 Å². The first-order chi connectivity index (χ1) is 18.1. The molecule has 11 heteroatoms. The Balaban J connectivity index is 1.69. The number of aromatic carboxylic acids is 1. The summed E-state index contributed by atoms with van der Waals surface area (Å²) in [4.78, 5) is 15.2. The van der Waals surface area contributed by atoms with Crippen molar-refractivity contribution in [2.75, 3.05) is 0 Å². The van der Waals surface area contributed by atoms with Crippen molar-refractivity contribution in [2.24, 2.45) is 11.1 Å². The van der Waals surface area contributed by atoms with E-state index in [1.54, 1.807) is 11.6 Å². The van der Waals surface area contributed by atoms with Gasteiger partial charge in [-0.25, -0.2) is 32.4 Å². The van der Waals surface area contributed by atoms with Gasteiger partial charge in [0.1, 0.15) is 10.7 Å². The predicted octanol–water partition coefficient (Wildman–Crippen LogP) is 4.40. The van der Waals surface area contributed by atoms with Crippen molar-refractivity contribution in [2.45, 2.75) is 37.5 Å². The molecule has 3 N–H and O–H groups in total. The number of nitrogens with zero attached hydrogens (tertiary/aromatic N) is 3. The summed E-state index contributed by atoms with van der Waals surface area (Å²) < 4.78 is 39.8. The molecule has 0 bridgehead atoms. The molecule has 2 heterocycles. The van der Waals surface area contributed by atoms with Crippen molar-refractivity contribution >= 4 is 27.3 Å². The highest BCUT2D eigenvalue weighted by atomic mass is 32.2. The Morgan fingerprint density at radius 2 is 2.05 bits per heavy atom. The van der Waals surface area contributed by atoms with Crippen LogP contribution in [0.25, 0.3) is 16.4 Å². The van der Waals surface area contributed by atoms with E-state index in [9.17, 15) is 22.7 Å². The second-order valence-electron chi connectivity index (χ2n) is 9.10. The Morgan fingerprint density at radius 1 is 1.26 bits per heavy atom. The third-order valence-electron chi connectivity index (χ3n) is 6.25. The van der Waals surface area contributed by atoms with Crippen molar-refractivity contribution in [1.29, 1.82) is 0 Å². The number of hydrogen-bond donors (Lipinski definition) is 2. The van der Waals surface area contributed by atoms with E-state index in [1.807, 2.05) is 24.3 Å². The van der Waals surface area contributed by atoms with Gasteiger partial charge in [0.2, 0.25) is 15.2 Å². The molecule has 2 aromatic heterocycles. The molecular formula is C27H23FN4O4S2. The highest BCUT2D eigenvalue weighted by Crippen LogP contribution is 2.38. The van der Waals surface area contributed by atoms with Gasteiger partial charge in [-0.05, 0) is 61.9 Å². The summed E-state index contributed by atoms with van der Waals surface area (Å²) in [6.07, 6.45) is 3.09. The van der Waals surface area contributed by atoms with Crippen LogP contribution in [-0.4, -0.2) is 34.3 Å². The SMILES string of the molecule is CC#Cc1cccc(-c2nn(-c3nc(C(=O)O)cs3)c(CC3CC3)c2Cc2ccc(S(N)(=O)=O)c(F)c2)c1. The molecule has 8 nitrogen and oxygen atoms in total. The van der Waals surface area contributed by atoms with Crippen LogP contribution in [0.15, 0.2) is 52.7 Å². The number of nitrogens with two attached hydrogens (primary N) is 1. The lowest BCUT2D eigenvalue weighted by Crippen LogP contribution is -2.14. The normalized spacial score (nSPS) is 13.2. The average Bonchev–Trinajstić information content (AvgIpc) is 3.41. The molecule has 0 unspecified atom stereocenters. The molecule has 1 saturated carbocycles. The van der Waals surface area contributed by atoms with Crippen LogP contribution in [0.1, 0.15) is 52.6 Å². The molecule has 0 aliphatic heterocycles. The lowest BCUT2D eigenvalue weighted by atomic mass is 9.96. The maximum Gasteiger partial charge on any atom is 0.355 e. The van der Waals surface area contributed by atoms with Crippen molar-refractivity contribution < 1.29 is 22.7 Å². The van der Waals surface area contributed by atoms with Gasteiger partial charge >= 0.3 is 5.97 Å². The minimum Gasteiger partial charge on any atom is -0.476 e. The molecule has 2 aromatic carbocycles. The predicted molar refractivity (Wildman–Crippen MR) is 141 cm³/mol. The zero-order chi connectivity index (χ0) is 27.0. The molecule has 0 saturated heterocycles. The van der Waals surface area contributed by atoms with Gasteiger partial charge in [-0.1, -0.05) is 24.1 Å². The summed E-state index contributed by atoms with van der Waals surface area (Å²) in [6, 6.07) is 11.5. The fraction of sp³-hybridized carbons (Fsp3) is 0.222. The lowest BCUT2D eigenvalue weighted by molar-refractivity contribution is 0.0691. The summed E-state index contributed by atoms with van der Waals surface area (Å²) in [5, 5.41) is 21.3. The van der Waals surface area contributed by atoms with Crippen LogP contribution in [0.3, 0.4) is 0 Å². The van der Waals surface area contributed by atoms with E-state index in [2.05, 4.69) is 16.8 Å². The minimum atomic E-state index is -4.20. The van der Waals surface area contributed by atoms with Gasteiger partial charge in [0, 0.05) is 28.5 Å². The summed E-state index contributed by atoms with van der Waals surface area (Å²) in [6.45, 7) is 1.75. The number of halogens is 1. The van der Waals surface area contributed by atoms with Gasteiger partial charge in [0.25, 0.3) is 0 Å². The fourth-order valence-electron chi connectivity index (χ4n) is 4.30. The summed E-state index contributed by atoms with van der Waals surface area (Å²) in [7, 11) is -4.20. The van der Waals surface area contributed by atoms with Gasteiger partial charge in [0.05, 0.1) is 11.4 Å². The Bertz CT molecular complexity index is 1730. The molecule has 1 aliphatic rings. The number of carboxylic acids is 1. The zero-order valence-corrected chi connectivity index (χ0v) is 21.9. The van der Waals surface area contributed by atoms with Crippen LogP contribution in [0.2, 0.25) is 0 Å². The van der Waals surface area contributed by atoms with E-state index >= 15 is 0 Å². The minimum absolute atomic E-state index is 0.0677. The number of aromatic nitrogens is 3. The van der Waals surface area contributed by atoms with Gasteiger partial charge in [0.15, 0.2) is 5.69 Å². The number of primary sulfonamides is 1. The first-order valence-electron chi connectivity index (χ1n) is 11.8. The number of rotatable bonds is 8. The van der Waals surface area contributed by atoms with E-state index in [0.717, 1.165) is 35.2 Å². The second-order valence-corrected chi connectivity index (χ2v) is 11.5. The van der Waals surface area contributed by atoms with Crippen LogP contribution in [0, 0.1) is 23.6 Å². The standard InChI is InChI=1S/C27H23FN4O4S2/c1-2-4-16-5-3-6-19(11-16)25-20(12-18-9-10-24(21(28)13-18)38(29,35)36)23(14-17-7-8-17)32(31-25)27-30-22(15-37-27)26(33)34/h3,5-6,9-11,13,15,17H,7-8,12,14H2,1H3,(H,33,34)(H2,29,35,36). The Kier molecular flexibility index (Phi) is 6.88. The van der Waals surface area contributed by atoms with E-state index in [0.29, 0.717) is 28.7 Å². The topological polar surface area (TPSA) is 128 Å². The van der Waals surface area contributed by atoms with Crippen molar-refractivity contribution in [3.05, 3.63) is 81.7 Å². The van der Waals surface area contributed by atoms with Crippen molar-refractivity contribution in [1.82, 2.24) is 14.8 Å². The maximum atomic E-state index is 14.7. The molecule has 194 valence electrons. The van der Waals surface area contributed by atoms with Gasteiger partial charge < -0.3 is 5.11 Å². The highest BCUT2D eigenvalue weighted by Gasteiger charge is 2.29. The molecule has 1 aliphatic carbocycles. The maximum absolute atomic E-state index is 14.7. The molecule has 0 atom stereocenters. The summed E-state index contributed by atoms with van der Waals surface area (Å²) in [5.74, 6) is 4.34. The average molecular weight is 551 g/mol.